The van der Waals surface area contributed by atoms with Crippen molar-refractivity contribution in [2.45, 2.75) is 0 Å². The molecular formula is C14H14F2N6O. The van der Waals surface area contributed by atoms with E-state index < -0.39 is 11.6 Å². The van der Waals surface area contributed by atoms with Crippen molar-refractivity contribution in [2.75, 3.05) is 36.4 Å². The largest absolute Gasteiger partial charge is 0.342 e. The quantitative estimate of drug-likeness (QED) is 0.853. The molecule has 0 aliphatic carbocycles. The number of carbonyl (C=O) groups excluding carboxylic acids is 1. The highest BCUT2D eigenvalue weighted by Crippen LogP contribution is 2.22. The lowest BCUT2D eigenvalue weighted by atomic mass is 10.3. The lowest BCUT2D eigenvalue weighted by Gasteiger charge is -2.32. The molecule has 1 amide bonds. The van der Waals surface area contributed by atoms with Gasteiger partial charge in [0.05, 0.1) is 6.20 Å². The number of carbonyl (C=O) groups is 1. The van der Waals surface area contributed by atoms with E-state index in [9.17, 15) is 13.6 Å². The number of nitrogens with zero attached hydrogens (tertiary/aromatic N) is 5. The molecule has 1 N–H and O–H groups in total. The fourth-order valence-corrected chi connectivity index (χ4v) is 2.26. The Morgan fingerprint density at radius 2 is 1.83 bits per heavy atom. The van der Waals surface area contributed by atoms with Gasteiger partial charge in [0.15, 0.2) is 5.82 Å². The van der Waals surface area contributed by atoms with Crippen molar-refractivity contribution in [1.82, 2.24) is 20.1 Å². The van der Waals surface area contributed by atoms with Crippen molar-refractivity contribution in [3.8, 4) is 0 Å². The molecule has 2 aromatic rings. The standard InChI is InChI=1S/C14H14F2N6O/c15-10-2-1-3-11(16)13(10)18-12-8-17-20-14(19-12)22-6-4-21(9-23)5-7-22/h1-3,8-9H,4-7H2,(H,18,19,20). The van der Waals surface area contributed by atoms with Crippen molar-refractivity contribution in [3.63, 3.8) is 0 Å². The molecule has 0 bridgehead atoms. The van der Waals surface area contributed by atoms with Crippen LogP contribution in [0, 0.1) is 11.6 Å². The maximum atomic E-state index is 13.7. The second-order valence-corrected chi connectivity index (χ2v) is 4.99. The van der Waals surface area contributed by atoms with Gasteiger partial charge in [0, 0.05) is 26.2 Å². The Bertz CT molecular complexity index is 685. The molecule has 0 spiro atoms. The van der Waals surface area contributed by atoms with Crippen molar-refractivity contribution >= 4 is 23.9 Å². The Balaban J connectivity index is 1.77. The molecule has 1 aromatic heterocycles. The van der Waals surface area contributed by atoms with Gasteiger partial charge in [0.2, 0.25) is 12.4 Å². The van der Waals surface area contributed by atoms with Crippen molar-refractivity contribution in [3.05, 3.63) is 36.0 Å². The minimum atomic E-state index is -0.718. The molecule has 9 heteroatoms. The summed E-state index contributed by atoms with van der Waals surface area (Å²) in [4.78, 5) is 18.4. The van der Waals surface area contributed by atoms with Crippen molar-refractivity contribution in [1.29, 1.82) is 0 Å². The highest BCUT2D eigenvalue weighted by Gasteiger charge is 2.19. The molecule has 23 heavy (non-hydrogen) atoms. The second kappa shape index (κ2) is 6.51. The average molecular weight is 320 g/mol. The number of hydrogen-bond acceptors (Lipinski definition) is 6. The number of halogens is 2. The number of hydrogen-bond donors (Lipinski definition) is 1. The summed E-state index contributed by atoms with van der Waals surface area (Å²) >= 11 is 0. The van der Waals surface area contributed by atoms with Gasteiger partial charge < -0.3 is 15.1 Å². The molecule has 1 fully saturated rings. The fraction of sp³-hybridized carbons (Fsp3) is 0.286. The van der Waals surface area contributed by atoms with E-state index in [2.05, 4.69) is 20.5 Å². The molecule has 120 valence electrons. The number of nitrogens with one attached hydrogen (secondary N) is 1. The molecule has 0 radical (unpaired) electrons. The van der Waals surface area contributed by atoms with Crippen LogP contribution in [0.25, 0.3) is 0 Å². The lowest BCUT2D eigenvalue weighted by Crippen LogP contribution is -2.46. The first kappa shape index (κ1) is 15.1. The van der Waals surface area contributed by atoms with E-state index in [1.54, 1.807) is 4.90 Å². The summed E-state index contributed by atoms with van der Waals surface area (Å²) in [6.07, 6.45) is 2.09. The van der Waals surface area contributed by atoms with Crippen LogP contribution in [0.2, 0.25) is 0 Å². The smallest absolute Gasteiger partial charge is 0.247 e. The zero-order valence-electron chi connectivity index (χ0n) is 12.1. The molecule has 7 nitrogen and oxygen atoms in total. The third-order valence-corrected chi connectivity index (χ3v) is 3.51. The molecule has 1 saturated heterocycles. The van der Waals surface area contributed by atoms with Crippen LogP contribution in [0.15, 0.2) is 24.4 Å². The lowest BCUT2D eigenvalue weighted by molar-refractivity contribution is -0.118. The minimum absolute atomic E-state index is 0.191. The highest BCUT2D eigenvalue weighted by atomic mass is 19.1. The maximum absolute atomic E-state index is 13.7. The monoisotopic (exact) mass is 320 g/mol. The fourth-order valence-electron chi connectivity index (χ4n) is 2.26. The summed E-state index contributed by atoms with van der Waals surface area (Å²) in [6.45, 7) is 2.26. The predicted octanol–water partition coefficient (Wildman–Crippen LogP) is 1.17. The van der Waals surface area contributed by atoms with Crippen LogP contribution in [0.3, 0.4) is 0 Å². The molecule has 1 aromatic carbocycles. The predicted molar refractivity (Wildman–Crippen MR) is 79.3 cm³/mol. The first-order valence-electron chi connectivity index (χ1n) is 7.02. The van der Waals surface area contributed by atoms with Crippen LogP contribution in [-0.2, 0) is 4.79 Å². The Hall–Kier alpha value is -2.84. The van der Waals surface area contributed by atoms with Crippen molar-refractivity contribution in [2.24, 2.45) is 0 Å². The van der Waals surface area contributed by atoms with E-state index in [1.165, 1.54) is 12.3 Å². The Morgan fingerprint density at radius 3 is 2.48 bits per heavy atom. The normalized spacial score (nSPS) is 14.7. The van der Waals surface area contributed by atoms with Crippen LogP contribution in [0.5, 0.6) is 0 Å². The number of anilines is 3. The number of benzene rings is 1. The number of rotatable bonds is 4. The molecule has 1 aliphatic rings. The third kappa shape index (κ3) is 3.33. The SMILES string of the molecule is O=CN1CCN(c2nncc(Nc3c(F)cccc3F)n2)CC1. The summed E-state index contributed by atoms with van der Waals surface area (Å²) in [5.41, 5.74) is -0.287. The molecular weight excluding hydrogens is 306 g/mol. The average Bonchev–Trinajstić information content (AvgIpc) is 2.59. The van der Waals surface area contributed by atoms with Crippen LogP contribution >= 0.6 is 0 Å². The number of aromatic nitrogens is 3. The number of amides is 1. The molecule has 0 atom stereocenters. The molecule has 1 aliphatic heterocycles. The van der Waals surface area contributed by atoms with E-state index >= 15 is 0 Å². The van der Waals surface area contributed by atoms with Gasteiger partial charge in [-0.3, -0.25) is 4.79 Å². The number of piperazine rings is 1. The summed E-state index contributed by atoms with van der Waals surface area (Å²) < 4.78 is 27.3. The van der Waals surface area contributed by atoms with E-state index in [1.807, 2.05) is 4.90 Å². The number of para-hydroxylation sites is 1. The highest BCUT2D eigenvalue weighted by molar-refractivity contribution is 5.57. The van der Waals surface area contributed by atoms with Crippen LogP contribution in [0.1, 0.15) is 0 Å². The molecule has 0 unspecified atom stereocenters. The van der Waals surface area contributed by atoms with Crippen LogP contribution in [0.4, 0.5) is 26.2 Å². The van der Waals surface area contributed by atoms with Crippen molar-refractivity contribution < 1.29 is 13.6 Å². The second-order valence-electron chi connectivity index (χ2n) is 4.99. The van der Waals surface area contributed by atoms with Gasteiger partial charge in [-0.1, -0.05) is 6.07 Å². The first-order chi connectivity index (χ1) is 11.2. The summed E-state index contributed by atoms with van der Waals surface area (Å²) in [6, 6.07) is 3.59. The Labute approximate surface area is 130 Å². The summed E-state index contributed by atoms with van der Waals surface area (Å²) in [5.74, 6) is -0.899. The van der Waals surface area contributed by atoms with E-state index in [-0.39, 0.29) is 11.5 Å². The molecule has 0 saturated carbocycles. The van der Waals surface area contributed by atoms with Crippen LogP contribution < -0.4 is 10.2 Å². The molecule has 2 heterocycles. The topological polar surface area (TPSA) is 74.2 Å². The van der Waals surface area contributed by atoms with Gasteiger partial charge in [-0.05, 0) is 12.1 Å². The van der Waals surface area contributed by atoms with E-state index in [4.69, 9.17) is 0 Å². The Morgan fingerprint density at radius 1 is 1.13 bits per heavy atom. The van der Waals surface area contributed by atoms with Gasteiger partial charge in [0.1, 0.15) is 17.3 Å². The van der Waals surface area contributed by atoms with Gasteiger partial charge in [0.25, 0.3) is 0 Å². The summed E-state index contributed by atoms with van der Waals surface area (Å²) in [7, 11) is 0. The molecule has 3 rings (SSSR count). The first-order valence-corrected chi connectivity index (χ1v) is 7.02. The minimum Gasteiger partial charge on any atom is -0.342 e. The zero-order valence-corrected chi connectivity index (χ0v) is 12.1. The maximum Gasteiger partial charge on any atom is 0.247 e. The van der Waals surface area contributed by atoms with E-state index in [0.29, 0.717) is 32.1 Å². The van der Waals surface area contributed by atoms with Crippen LogP contribution in [-0.4, -0.2) is 52.7 Å². The zero-order chi connectivity index (χ0) is 16.2. The third-order valence-electron chi connectivity index (χ3n) is 3.51. The van der Waals surface area contributed by atoms with Gasteiger partial charge in [-0.2, -0.15) is 10.1 Å². The van der Waals surface area contributed by atoms with Gasteiger partial charge >= 0.3 is 0 Å². The summed E-state index contributed by atoms with van der Waals surface area (Å²) in [5, 5.41) is 10.3. The van der Waals surface area contributed by atoms with E-state index in [0.717, 1.165) is 18.5 Å². The van der Waals surface area contributed by atoms with Gasteiger partial charge in [-0.25, -0.2) is 8.78 Å². The van der Waals surface area contributed by atoms with Gasteiger partial charge in [-0.15, -0.1) is 5.10 Å². The Kier molecular flexibility index (Phi) is 4.26.